The number of ketones is 1. The Hall–Kier alpha value is -3.17. The Balaban J connectivity index is 2.09. The number of carbonyl (C=O) groups excluding carboxylic acids is 2. The molecule has 0 aliphatic carbocycles. The number of nitrogens with zero attached hydrogens (tertiary/aromatic N) is 2. The summed E-state index contributed by atoms with van der Waals surface area (Å²) in [6.07, 6.45) is -3.17. The summed E-state index contributed by atoms with van der Waals surface area (Å²) in [5.41, 5.74) is 5.56. The van der Waals surface area contributed by atoms with Crippen LogP contribution in [0, 0.1) is 5.41 Å². The van der Waals surface area contributed by atoms with E-state index in [1.807, 2.05) is 0 Å². The zero-order chi connectivity index (χ0) is 21.8. The first-order chi connectivity index (χ1) is 13.4. The number of alkyl halides is 3. The number of ether oxygens (including phenoxy) is 1. The Kier molecular flexibility index (Phi) is 6.45. The second-order valence-electron chi connectivity index (χ2n) is 7.25. The Bertz CT molecular complexity index is 908. The van der Waals surface area contributed by atoms with Crippen LogP contribution in [0.25, 0.3) is 0 Å². The van der Waals surface area contributed by atoms with Crippen LogP contribution in [0.15, 0.2) is 30.5 Å². The summed E-state index contributed by atoms with van der Waals surface area (Å²) in [7, 11) is 0. The minimum Gasteiger partial charge on any atom is -0.468 e. The molecule has 0 saturated carbocycles. The maximum absolute atomic E-state index is 12.5. The van der Waals surface area contributed by atoms with Crippen molar-refractivity contribution in [1.29, 1.82) is 0 Å². The van der Waals surface area contributed by atoms with Gasteiger partial charge in [-0.15, -0.1) is 0 Å². The van der Waals surface area contributed by atoms with Gasteiger partial charge in [0.25, 0.3) is 5.91 Å². The molecule has 0 saturated heterocycles. The summed E-state index contributed by atoms with van der Waals surface area (Å²) >= 11 is 0. The van der Waals surface area contributed by atoms with Crippen LogP contribution >= 0.6 is 0 Å². The van der Waals surface area contributed by atoms with Gasteiger partial charge in [-0.2, -0.15) is 13.2 Å². The number of hydrogen-bond donors (Lipinski definition) is 2. The normalized spacial score (nSPS) is 11.8. The molecule has 0 atom stereocenters. The number of carbonyl (C=O) groups is 2. The lowest BCUT2D eigenvalue weighted by molar-refractivity contribution is -0.154. The minimum atomic E-state index is -4.48. The third kappa shape index (κ3) is 6.16. The van der Waals surface area contributed by atoms with Gasteiger partial charge in [0.2, 0.25) is 5.88 Å². The Morgan fingerprint density at radius 3 is 2.48 bits per heavy atom. The molecule has 0 radical (unpaired) electrons. The van der Waals surface area contributed by atoms with E-state index in [2.05, 4.69) is 20.0 Å². The third-order valence-electron chi connectivity index (χ3n) is 3.73. The number of pyridine rings is 2. The van der Waals surface area contributed by atoms with Crippen molar-refractivity contribution < 1.29 is 27.5 Å². The summed E-state index contributed by atoms with van der Waals surface area (Å²) in [5, 5.41) is 2.56. The molecule has 1 amide bonds. The van der Waals surface area contributed by atoms with Crippen LogP contribution in [0.3, 0.4) is 0 Å². The molecule has 7 nitrogen and oxygen atoms in total. The standard InChI is InChI=1S/C19H21F3N4O3/c1-18(2,3)16(27)15-14(23)12(7-8-24-15)17(28)25-9-11-5-4-6-13(26-11)29-10-19(20,21)22/h4-8H,9-10,23H2,1-3H3,(H,25,28). The highest BCUT2D eigenvalue weighted by Gasteiger charge is 2.29. The van der Waals surface area contributed by atoms with E-state index in [0.717, 1.165) is 0 Å². The van der Waals surface area contributed by atoms with Crippen LogP contribution in [0.1, 0.15) is 47.3 Å². The highest BCUT2D eigenvalue weighted by atomic mass is 19.4. The van der Waals surface area contributed by atoms with Crippen molar-refractivity contribution in [2.24, 2.45) is 5.41 Å². The number of amides is 1. The van der Waals surface area contributed by atoms with Crippen molar-refractivity contribution in [2.45, 2.75) is 33.5 Å². The van der Waals surface area contributed by atoms with E-state index in [4.69, 9.17) is 5.73 Å². The zero-order valence-electron chi connectivity index (χ0n) is 16.1. The minimum absolute atomic E-state index is 0.00539. The fraction of sp³-hybridized carbons (Fsp3) is 0.368. The van der Waals surface area contributed by atoms with Crippen molar-refractivity contribution >= 4 is 17.4 Å². The van der Waals surface area contributed by atoms with Crippen LogP contribution in [0.4, 0.5) is 18.9 Å². The summed E-state index contributed by atoms with van der Waals surface area (Å²) in [5.74, 6) is -1.09. The number of halogens is 3. The smallest absolute Gasteiger partial charge is 0.422 e. The number of hydrogen-bond acceptors (Lipinski definition) is 6. The van der Waals surface area contributed by atoms with Gasteiger partial charge in [0.1, 0.15) is 5.69 Å². The monoisotopic (exact) mass is 410 g/mol. The lowest BCUT2D eigenvalue weighted by atomic mass is 9.87. The molecule has 10 heteroatoms. The van der Waals surface area contributed by atoms with Crippen LogP contribution in [0.2, 0.25) is 0 Å². The van der Waals surface area contributed by atoms with Gasteiger partial charge in [0.15, 0.2) is 12.4 Å². The number of nitrogens with one attached hydrogen (secondary N) is 1. The van der Waals surface area contributed by atoms with E-state index in [1.165, 1.54) is 30.5 Å². The molecular formula is C19H21F3N4O3. The van der Waals surface area contributed by atoms with Gasteiger partial charge in [-0.1, -0.05) is 26.8 Å². The van der Waals surface area contributed by atoms with Crippen molar-refractivity contribution in [3.63, 3.8) is 0 Å². The summed E-state index contributed by atoms with van der Waals surface area (Å²) in [6.45, 7) is 3.59. The Morgan fingerprint density at radius 1 is 1.17 bits per heavy atom. The predicted molar refractivity (Wildman–Crippen MR) is 99.4 cm³/mol. The molecule has 0 fully saturated rings. The number of anilines is 1. The molecule has 29 heavy (non-hydrogen) atoms. The average molecular weight is 410 g/mol. The lowest BCUT2D eigenvalue weighted by Crippen LogP contribution is -2.27. The molecule has 0 aliphatic heterocycles. The van der Waals surface area contributed by atoms with Crippen LogP contribution in [-0.2, 0) is 6.54 Å². The molecule has 2 rings (SSSR count). The number of nitrogens with two attached hydrogens (primary N) is 1. The molecule has 0 aliphatic rings. The van der Waals surface area contributed by atoms with E-state index in [-0.39, 0.29) is 40.8 Å². The maximum Gasteiger partial charge on any atom is 0.422 e. The molecule has 3 N–H and O–H groups in total. The van der Waals surface area contributed by atoms with Gasteiger partial charge in [0, 0.05) is 17.7 Å². The fourth-order valence-electron chi connectivity index (χ4n) is 2.27. The molecule has 2 aromatic rings. The second-order valence-corrected chi connectivity index (χ2v) is 7.25. The first kappa shape index (κ1) is 22.1. The van der Waals surface area contributed by atoms with E-state index < -0.39 is 24.1 Å². The van der Waals surface area contributed by atoms with Gasteiger partial charge in [-0.25, -0.2) is 4.98 Å². The SMILES string of the molecule is CC(C)(C)C(=O)c1nccc(C(=O)NCc2cccc(OCC(F)(F)F)n2)c1N. The van der Waals surface area contributed by atoms with E-state index in [9.17, 15) is 22.8 Å². The first-order valence-electron chi connectivity index (χ1n) is 8.61. The molecule has 156 valence electrons. The van der Waals surface area contributed by atoms with Crippen molar-refractivity contribution in [3.05, 3.63) is 47.4 Å². The van der Waals surface area contributed by atoms with Gasteiger partial charge in [0.05, 0.1) is 23.5 Å². The largest absolute Gasteiger partial charge is 0.468 e. The first-order valence-corrected chi connectivity index (χ1v) is 8.61. The van der Waals surface area contributed by atoms with Gasteiger partial charge in [-0.05, 0) is 12.1 Å². The quantitative estimate of drug-likeness (QED) is 0.709. The van der Waals surface area contributed by atoms with Crippen LogP contribution in [-0.4, -0.2) is 34.4 Å². The van der Waals surface area contributed by atoms with Crippen molar-refractivity contribution in [2.75, 3.05) is 12.3 Å². The predicted octanol–water partition coefficient (Wildman–Crippen LogP) is 3.16. The van der Waals surface area contributed by atoms with Gasteiger partial charge < -0.3 is 15.8 Å². The summed E-state index contributed by atoms with van der Waals surface area (Å²) in [4.78, 5) is 32.8. The van der Waals surface area contributed by atoms with E-state index in [0.29, 0.717) is 0 Å². The maximum atomic E-state index is 12.5. The molecule has 0 unspecified atom stereocenters. The zero-order valence-corrected chi connectivity index (χ0v) is 16.1. The molecule has 2 aromatic heterocycles. The van der Waals surface area contributed by atoms with E-state index >= 15 is 0 Å². The topological polar surface area (TPSA) is 107 Å². The van der Waals surface area contributed by atoms with Crippen molar-refractivity contribution in [1.82, 2.24) is 15.3 Å². The number of nitrogen functional groups attached to an aromatic ring is 1. The molecule has 0 aromatic carbocycles. The van der Waals surface area contributed by atoms with Gasteiger partial charge >= 0.3 is 6.18 Å². The summed E-state index contributed by atoms with van der Waals surface area (Å²) < 4.78 is 41.3. The fourth-order valence-corrected chi connectivity index (χ4v) is 2.27. The Morgan fingerprint density at radius 2 is 1.86 bits per heavy atom. The van der Waals surface area contributed by atoms with Gasteiger partial charge in [-0.3, -0.25) is 14.6 Å². The molecular weight excluding hydrogens is 389 g/mol. The second kappa shape index (κ2) is 8.46. The van der Waals surface area contributed by atoms with Crippen molar-refractivity contribution in [3.8, 4) is 5.88 Å². The molecule has 0 spiro atoms. The Labute approximate surface area is 165 Å². The summed E-state index contributed by atoms with van der Waals surface area (Å²) in [6, 6.07) is 5.63. The van der Waals surface area contributed by atoms with Crippen LogP contribution in [0.5, 0.6) is 5.88 Å². The third-order valence-corrected chi connectivity index (χ3v) is 3.73. The number of aromatic nitrogens is 2. The average Bonchev–Trinajstić information content (AvgIpc) is 2.63. The lowest BCUT2D eigenvalue weighted by Gasteiger charge is -2.18. The number of Topliss-reactive ketones (excluding diaryl/α,β-unsaturated/α-hetero) is 1. The number of rotatable bonds is 6. The molecule has 2 heterocycles. The van der Waals surface area contributed by atoms with Crippen LogP contribution < -0.4 is 15.8 Å². The molecule has 0 bridgehead atoms. The highest BCUT2D eigenvalue weighted by Crippen LogP contribution is 2.25. The highest BCUT2D eigenvalue weighted by molar-refractivity contribution is 6.08. The van der Waals surface area contributed by atoms with E-state index in [1.54, 1.807) is 20.8 Å².